The standard InChI is InChI=1S/C22H17F2N5O2/c1-28-18-10-11-29(22(30)13-6-8-14(23)9-7-13)12-16(18)19(27-28)21-26-25-20(31-21)15-4-2-3-5-17(15)24/h2-9H,10-12H2,1H3. The second-order valence-corrected chi connectivity index (χ2v) is 7.27. The van der Waals surface area contributed by atoms with Gasteiger partial charge in [-0.1, -0.05) is 12.1 Å². The second kappa shape index (κ2) is 7.42. The Labute approximate surface area is 175 Å². The molecule has 0 saturated heterocycles. The number of hydrogen-bond donors (Lipinski definition) is 0. The molecule has 0 saturated carbocycles. The third-order valence-corrected chi connectivity index (χ3v) is 5.35. The predicted molar refractivity (Wildman–Crippen MR) is 107 cm³/mol. The molecule has 0 bridgehead atoms. The Hall–Kier alpha value is -3.88. The van der Waals surface area contributed by atoms with Crippen LogP contribution in [0.15, 0.2) is 52.9 Å². The van der Waals surface area contributed by atoms with Crippen molar-refractivity contribution in [2.75, 3.05) is 6.54 Å². The summed E-state index contributed by atoms with van der Waals surface area (Å²) in [4.78, 5) is 14.6. The number of amides is 1. The number of aromatic nitrogens is 4. The van der Waals surface area contributed by atoms with E-state index in [0.717, 1.165) is 11.3 Å². The lowest BCUT2D eigenvalue weighted by Crippen LogP contribution is -2.36. The van der Waals surface area contributed by atoms with Gasteiger partial charge in [-0.25, -0.2) is 8.78 Å². The normalized spacial score (nSPS) is 13.3. The molecule has 2 aromatic heterocycles. The molecule has 4 aromatic rings. The van der Waals surface area contributed by atoms with E-state index in [-0.39, 0.29) is 23.3 Å². The van der Waals surface area contributed by atoms with Crippen LogP contribution in [0.25, 0.3) is 23.0 Å². The van der Waals surface area contributed by atoms with Gasteiger partial charge in [0.05, 0.1) is 12.1 Å². The van der Waals surface area contributed by atoms with Crippen LogP contribution in [-0.2, 0) is 20.0 Å². The molecule has 1 amide bonds. The summed E-state index contributed by atoms with van der Waals surface area (Å²) < 4.78 is 34.7. The summed E-state index contributed by atoms with van der Waals surface area (Å²) >= 11 is 0. The highest BCUT2D eigenvalue weighted by Crippen LogP contribution is 2.31. The van der Waals surface area contributed by atoms with Crippen LogP contribution < -0.4 is 0 Å². The van der Waals surface area contributed by atoms with Crippen molar-refractivity contribution in [3.05, 3.63) is 77.0 Å². The molecule has 0 N–H and O–H groups in total. The van der Waals surface area contributed by atoms with Crippen molar-refractivity contribution in [2.45, 2.75) is 13.0 Å². The summed E-state index contributed by atoms with van der Waals surface area (Å²) in [7, 11) is 1.81. The minimum absolute atomic E-state index is 0.0579. The maximum Gasteiger partial charge on any atom is 0.268 e. The molecule has 5 rings (SSSR count). The SMILES string of the molecule is Cn1nc(-c2nnc(-c3ccccc3F)o2)c2c1CCN(C(=O)c1ccc(F)cc1)C2. The van der Waals surface area contributed by atoms with Gasteiger partial charge in [0.2, 0.25) is 0 Å². The van der Waals surface area contributed by atoms with E-state index in [0.29, 0.717) is 30.8 Å². The fourth-order valence-electron chi connectivity index (χ4n) is 3.77. The molecule has 0 spiro atoms. The number of rotatable bonds is 3. The summed E-state index contributed by atoms with van der Waals surface area (Å²) in [5.74, 6) is -0.835. The summed E-state index contributed by atoms with van der Waals surface area (Å²) in [5, 5.41) is 12.5. The Morgan fingerprint density at radius 3 is 2.55 bits per heavy atom. The van der Waals surface area contributed by atoms with Crippen molar-refractivity contribution in [3.63, 3.8) is 0 Å². The number of benzene rings is 2. The number of nitrogens with zero attached hydrogens (tertiary/aromatic N) is 5. The van der Waals surface area contributed by atoms with Crippen molar-refractivity contribution in [2.24, 2.45) is 7.05 Å². The number of fused-ring (bicyclic) bond motifs is 1. The van der Waals surface area contributed by atoms with E-state index in [2.05, 4.69) is 15.3 Å². The van der Waals surface area contributed by atoms with Gasteiger partial charge < -0.3 is 9.32 Å². The number of halogens is 2. The molecule has 0 unspecified atom stereocenters. The predicted octanol–water partition coefficient (Wildman–Crippen LogP) is 3.61. The number of carbonyl (C=O) groups is 1. The molecule has 0 atom stereocenters. The molecule has 0 aliphatic carbocycles. The van der Waals surface area contributed by atoms with Crippen LogP contribution in [0.5, 0.6) is 0 Å². The Balaban J connectivity index is 1.47. The van der Waals surface area contributed by atoms with Crippen LogP contribution in [0.1, 0.15) is 21.6 Å². The first-order valence-electron chi connectivity index (χ1n) is 9.69. The Morgan fingerprint density at radius 1 is 1.03 bits per heavy atom. The highest BCUT2D eigenvalue weighted by molar-refractivity contribution is 5.94. The molecule has 1 aliphatic heterocycles. The lowest BCUT2D eigenvalue weighted by molar-refractivity contribution is 0.0733. The Kier molecular flexibility index (Phi) is 4.58. The van der Waals surface area contributed by atoms with Gasteiger partial charge in [-0.15, -0.1) is 10.2 Å². The van der Waals surface area contributed by atoms with Crippen LogP contribution in [0, 0.1) is 11.6 Å². The molecule has 2 aromatic carbocycles. The zero-order valence-corrected chi connectivity index (χ0v) is 16.5. The van der Waals surface area contributed by atoms with E-state index in [1.165, 1.54) is 30.3 Å². The van der Waals surface area contributed by atoms with Gasteiger partial charge in [-0.3, -0.25) is 9.48 Å². The lowest BCUT2D eigenvalue weighted by Gasteiger charge is -2.27. The lowest BCUT2D eigenvalue weighted by atomic mass is 10.0. The fraction of sp³-hybridized carbons (Fsp3) is 0.182. The van der Waals surface area contributed by atoms with E-state index < -0.39 is 11.6 Å². The summed E-state index contributed by atoms with van der Waals surface area (Å²) in [5.41, 5.74) is 2.84. The number of aryl methyl sites for hydroxylation is 1. The molecule has 7 nitrogen and oxygen atoms in total. The van der Waals surface area contributed by atoms with Crippen molar-refractivity contribution in [1.82, 2.24) is 24.9 Å². The minimum Gasteiger partial charge on any atom is -0.414 e. The quantitative estimate of drug-likeness (QED) is 0.505. The average Bonchev–Trinajstić information content (AvgIpc) is 3.39. The van der Waals surface area contributed by atoms with Crippen LogP contribution in [0.4, 0.5) is 8.78 Å². The van der Waals surface area contributed by atoms with E-state index in [1.807, 2.05) is 7.05 Å². The fourth-order valence-corrected chi connectivity index (χ4v) is 3.77. The Bertz CT molecular complexity index is 1280. The van der Waals surface area contributed by atoms with Crippen molar-refractivity contribution in [1.29, 1.82) is 0 Å². The first-order chi connectivity index (χ1) is 15.0. The van der Waals surface area contributed by atoms with Crippen molar-refractivity contribution >= 4 is 5.91 Å². The largest absolute Gasteiger partial charge is 0.414 e. The molecule has 31 heavy (non-hydrogen) atoms. The van der Waals surface area contributed by atoms with Crippen LogP contribution in [0.3, 0.4) is 0 Å². The van der Waals surface area contributed by atoms with E-state index >= 15 is 0 Å². The topological polar surface area (TPSA) is 77.1 Å². The maximum atomic E-state index is 14.1. The van der Waals surface area contributed by atoms with E-state index in [4.69, 9.17) is 4.42 Å². The molecule has 9 heteroatoms. The van der Waals surface area contributed by atoms with Crippen molar-refractivity contribution < 1.29 is 18.0 Å². The third kappa shape index (κ3) is 3.37. The van der Waals surface area contributed by atoms with Gasteiger partial charge in [0, 0.05) is 36.8 Å². The summed E-state index contributed by atoms with van der Waals surface area (Å²) in [6, 6.07) is 11.6. The third-order valence-electron chi connectivity index (χ3n) is 5.35. The Morgan fingerprint density at radius 2 is 1.77 bits per heavy atom. The van der Waals surface area contributed by atoms with Gasteiger partial charge in [-0.2, -0.15) is 5.10 Å². The van der Waals surface area contributed by atoms with E-state index in [1.54, 1.807) is 27.8 Å². The smallest absolute Gasteiger partial charge is 0.268 e. The number of carbonyl (C=O) groups excluding carboxylic acids is 1. The van der Waals surface area contributed by atoms with Gasteiger partial charge in [0.15, 0.2) is 5.69 Å². The summed E-state index contributed by atoms with van der Waals surface area (Å²) in [6.07, 6.45) is 0.597. The van der Waals surface area contributed by atoms with E-state index in [9.17, 15) is 13.6 Å². The first-order valence-corrected chi connectivity index (χ1v) is 9.69. The highest BCUT2D eigenvalue weighted by Gasteiger charge is 2.30. The van der Waals surface area contributed by atoms with Crippen LogP contribution >= 0.6 is 0 Å². The summed E-state index contributed by atoms with van der Waals surface area (Å²) in [6.45, 7) is 0.804. The zero-order chi connectivity index (χ0) is 21.5. The highest BCUT2D eigenvalue weighted by atomic mass is 19.1. The number of hydrogen-bond acceptors (Lipinski definition) is 5. The molecule has 0 fully saturated rings. The first kappa shape index (κ1) is 19.1. The van der Waals surface area contributed by atoms with Gasteiger partial charge in [0.1, 0.15) is 11.6 Å². The monoisotopic (exact) mass is 421 g/mol. The van der Waals surface area contributed by atoms with Crippen LogP contribution in [0.2, 0.25) is 0 Å². The maximum absolute atomic E-state index is 14.1. The second-order valence-electron chi connectivity index (χ2n) is 7.27. The molecule has 1 aliphatic rings. The molecular weight excluding hydrogens is 404 g/mol. The minimum atomic E-state index is -0.461. The van der Waals surface area contributed by atoms with Crippen molar-refractivity contribution in [3.8, 4) is 23.0 Å². The molecular formula is C22H17F2N5O2. The van der Waals surface area contributed by atoms with Gasteiger partial charge in [-0.05, 0) is 36.4 Å². The molecule has 3 heterocycles. The zero-order valence-electron chi connectivity index (χ0n) is 16.5. The molecule has 156 valence electrons. The molecule has 0 radical (unpaired) electrons. The average molecular weight is 421 g/mol. The van der Waals surface area contributed by atoms with Crippen LogP contribution in [-0.4, -0.2) is 37.3 Å². The van der Waals surface area contributed by atoms with Gasteiger partial charge in [0.25, 0.3) is 17.7 Å². The van der Waals surface area contributed by atoms with Gasteiger partial charge >= 0.3 is 0 Å².